The van der Waals surface area contributed by atoms with Gasteiger partial charge in [0, 0.05) is 63.3 Å². The summed E-state index contributed by atoms with van der Waals surface area (Å²) in [5.74, 6) is 1.94. The Bertz CT molecular complexity index is 796. The van der Waals surface area contributed by atoms with E-state index in [0.29, 0.717) is 6.04 Å². The van der Waals surface area contributed by atoms with Crippen LogP contribution in [-0.2, 0) is 0 Å². The Kier molecular flexibility index (Phi) is 5.99. The fourth-order valence-electron chi connectivity index (χ4n) is 4.61. The molecule has 2 aliphatic rings. The van der Waals surface area contributed by atoms with Crippen LogP contribution in [0.15, 0.2) is 24.3 Å². The number of ether oxygens (including phenoxy) is 1. The maximum absolute atomic E-state index is 9.11. The van der Waals surface area contributed by atoms with Gasteiger partial charge in [-0.2, -0.15) is 0 Å². The Morgan fingerprint density at radius 1 is 1.07 bits per heavy atom. The first-order valence-corrected chi connectivity index (χ1v) is 10.5. The number of rotatable bonds is 5. The summed E-state index contributed by atoms with van der Waals surface area (Å²) in [5, 5.41) is 10.3. The first kappa shape index (κ1) is 19.4. The molecule has 28 heavy (non-hydrogen) atoms. The number of aliphatic hydroxyl groups excluding tert-OH is 1. The van der Waals surface area contributed by atoms with Gasteiger partial charge in [0.15, 0.2) is 0 Å². The van der Waals surface area contributed by atoms with Crippen molar-refractivity contribution in [2.24, 2.45) is 0 Å². The van der Waals surface area contributed by atoms with Crippen molar-refractivity contribution in [2.45, 2.75) is 25.8 Å². The van der Waals surface area contributed by atoms with Gasteiger partial charge < -0.3 is 14.7 Å². The highest BCUT2D eigenvalue weighted by Crippen LogP contribution is 2.28. The highest BCUT2D eigenvalue weighted by molar-refractivity contribution is 5.85. The van der Waals surface area contributed by atoms with Crippen LogP contribution in [0.3, 0.4) is 0 Å². The van der Waals surface area contributed by atoms with Crippen molar-refractivity contribution >= 4 is 16.7 Å². The summed E-state index contributed by atoms with van der Waals surface area (Å²) in [5.41, 5.74) is 2.28. The van der Waals surface area contributed by atoms with Crippen LogP contribution in [0.4, 0.5) is 5.82 Å². The Morgan fingerprint density at radius 2 is 1.82 bits per heavy atom. The number of benzene rings is 1. The number of aliphatic hydroxyl groups is 1. The summed E-state index contributed by atoms with van der Waals surface area (Å²) in [7, 11) is 1.70. The molecule has 0 aliphatic carbocycles. The highest BCUT2D eigenvalue weighted by Gasteiger charge is 2.28. The maximum atomic E-state index is 9.11. The number of piperazine rings is 1. The number of methoxy groups -OCH3 is 1. The van der Waals surface area contributed by atoms with E-state index >= 15 is 0 Å². The molecule has 1 N–H and O–H groups in total. The fourth-order valence-corrected chi connectivity index (χ4v) is 4.61. The van der Waals surface area contributed by atoms with E-state index in [4.69, 9.17) is 14.8 Å². The van der Waals surface area contributed by atoms with Gasteiger partial charge in [0.1, 0.15) is 11.6 Å². The van der Waals surface area contributed by atoms with Gasteiger partial charge in [0.25, 0.3) is 0 Å². The van der Waals surface area contributed by atoms with E-state index in [-0.39, 0.29) is 6.61 Å². The van der Waals surface area contributed by atoms with Crippen LogP contribution >= 0.6 is 0 Å². The number of anilines is 1. The Morgan fingerprint density at radius 3 is 2.50 bits per heavy atom. The monoisotopic (exact) mass is 384 g/mol. The minimum atomic E-state index is 0.266. The van der Waals surface area contributed by atoms with E-state index in [0.717, 1.165) is 62.9 Å². The molecule has 0 radical (unpaired) electrons. The molecule has 2 aliphatic heterocycles. The lowest BCUT2D eigenvalue weighted by molar-refractivity contribution is 0.0746. The molecule has 0 unspecified atom stereocenters. The second kappa shape index (κ2) is 8.64. The van der Waals surface area contributed by atoms with E-state index in [1.54, 1.807) is 7.11 Å². The van der Waals surface area contributed by atoms with Crippen LogP contribution in [0.1, 0.15) is 18.4 Å². The molecular weight excluding hydrogens is 352 g/mol. The van der Waals surface area contributed by atoms with Crippen molar-refractivity contribution in [3.8, 4) is 5.75 Å². The van der Waals surface area contributed by atoms with Crippen LogP contribution in [0.5, 0.6) is 5.75 Å². The summed E-state index contributed by atoms with van der Waals surface area (Å²) < 4.78 is 5.38. The number of pyridine rings is 1. The van der Waals surface area contributed by atoms with E-state index in [2.05, 4.69) is 33.8 Å². The van der Waals surface area contributed by atoms with Crippen LogP contribution in [-0.4, -0.2) is 85.5 Å². The van der Waals surface area contributed by atoms with E-state index in [1.165, 1.54) is 23.8 Å². The van der Waals surface area contributed by atoms with Gasteiger partial charge >= 0.3 is 0 Å². The molecule has 1 aromatic heterocycles. The van der Waals surface area contributed by atoms with Gasteiger partial charge in [0.05, 0.1) is 19.2 Å². The lowest BCUT2D eigenvalue weighted by Gasteiger charge is -2.43. The zero-order chi connectivity index (χ0) is 19.5. The zero-order valence-electron chi connectivity index (χ0n) is 17.1. The summed E-state index contributed by atoms with van der Waals surface area (Å²) in [6.45, 7) is 9.76. The SMILES string of the molecule is COc1ccc2c(C)cc(N3CCC(N4CCN(CCO)CC4)CC3)nc2c1. The zero-order valence-corrected chi connectivity index (χ0v) is 17.1. The third-order valence-corrected chi connectivity index (χ3v) is 6.34. The second-order valence-corrected chi connectivity index (χ2v) is 8.00. The van der Waals surface area contributed by atoms with Crippen molar-refractivity contribution in [1.29, 1.82) is 0 Å². The molecule has 0 atom stereocenters. The number of hydrogen-bond acceptors (Lipinski definition) is 6. The molecule has 0 bridgehead atoms. The van der Waals surface area contributed by atoms with Gasteiger partial charge in [0.2, 0.25) is 0 Å². The number of aryl methyl sites for hydroxylation is 1. The molecule has 0 amide bonds. The molecule has 4 rings (SSSR count). The predicted molar refractivity (Wildman–Crippen MR) is 113 cm³/mol. The largest absolute Gasteiger partial charge is 0.497 e. The summed E-state index contributed by atoms with van der Waals surface area (Å²) in [4.78, 5) is 12.4. The van der Waals surface area contributed by atoms with Gasteiger partial charge in [-0.05, 0) is 43.5 Å². The third-order valence-electron chi connectivity index (χ3n) is 6.34. The van der Waals surface area contributed by atoms with Crippen molar-refractivity contribution in [3.05, 3.63) is 29.8 Å². The first-order chi connectivity index (χ1) is 13.7. The smallest absolute Gasteiger partial charge is 0.129 e. The van der Waals surface area contributed by atoms with Gasteiger partial charge in [-0.3, -0.25) is 9.80 Å². The molecule has 0 spiro atoms. The normalized spacial score (nSPS) is 20.0. The summed E-state index contributed by atoms with van der Waals surface area (Å²) >= 11 is 0. The number of nitrogens with zero attached hydrogens (tertiary/aromatic N) is 4. The van der Waals surface area contributed by atoms with Crippen LogP contribution in [0, 0.1) is 6.92 Å². The average Bonchev–Trinajstić information content (AvgIpc) is 2.74. The predicted octanol–water partition coefficient (Wildman–Crippen LogP) is 2.13. The molecular formula is C22H32N4O2. The second-order valence-electron chi connectivity index (χ2n) is 8.00. The van der Waals surface area contributed by atoms with Crippen LogP contribution < -0.4 is 9.64 Å². The van der Waals surface area contributed by atoms with Crippen molar-refractivity contribution in [2.75, 3.05) is 64.4 Å². The Balaban J connectivity index is 1.40. The highest BCUT2D eigenvalue weighted by atomic mass is 16.5. The summed E-state index contributed by atoms with van der Waals surface area (Å²) in [6, 6.07) is 9.03. The Hall–Kier alpha value is -1.89. The molecule has 1 aromatic carbocycles. The van der Waals surface area contributed by atoms with Gasteiger partial charge in [-0.15, -0.1) is 0 Å². The lowest BCUT2D eigenvalue weighted by Crippen LogP contribution is -2.53. The Labute approximate surface area is 167 Å². The number of fused-ring (bicyclic) bond motifs is 1. The van der Waals surface area contributed by atoms with E-state index in [1.807, 2.05) is 12.1 Å². The van der Waals surface area contributed by atoms with Gasteiger partial charge in [-0.25, -0.2) is 4.98 Å². The molecule has 0 saturated carbocycles. The molecule has 152 valence electrons. The lowest BCUT2D eigenvalue weighted by atomic mass is 10.0. The molecule has 2 fully saturated rings. The van der Waals surface area contributed by atoms with Crippen molar-refractivity contribution in [1.82, 2.24) is 14.8 Å². The molecule has 2 saturated heterocycles. The summed E-state index contributed by atoms with van der Waals surface area (Å²) in [6.07, 6.45) is 2.38. The standard InChI is InChI=1S/C22H32N4O2/c1-17-15-22(23-21-16-19(28-2)3-4-20(17)21)26-7-5-18(6-8-26)25-11-9-24(10-12-25)13-14-27/h3-4,15-16,18,27H,5-14H2,1-2H3. The van der Waals surface area contributed by atoms with E-state index < -0.39 is 0 Å². The minimum absolute atomic E-state index is 0.266. The molecule has 3 heterocycles. The number of aromatic nitrogens is 1. The van der Waals surface area contributed by atoms with Gasteiger partial charge in [-0.1, -0.05) is 0 Å². The molecule has 6 heteroatoms. The number of hydrogen-bond donors (Lipinski definition) is 1. The maximum Gasteiger partial charge on any atom is 0.129 e. The average molecular weight is 385 g/mol. The fraction of sp³-hybridized carbons (Fsp3) is 0.591. The first-order valence-electron chi connectivity index (χ1n) is 10.5. The number of piperidine rings is 1. The minimum Gasteiger partial charge on any atom is -0.497 e. The third kappa shape index (κ3) is 4.09. The van der Waals surface area contributed by atoms with Crippen molar-refractivity contribution in [3.63, 3.8) is 0 Å². The van der Waals surface area contributed by atoms with Crippen LogP contribution in [0.25, 0.3) is 10.9 Å². The van der Waals surface area contributed by atoms with Crippen molar-refractivity contribution < 1.29 is 9.84 Å². The molecule has 6 nitrogen and oxygen atoms in total. The van der Waals surface area contributed by atoms with E-state index in [9.17, 15) is 0 Å². The topological polar surface area (TPSA) is 52.1 Å². The molecule has 2 aromatic rings. The quantitative estimate of drug-likeness (QED) is 0.852. The van der Waals surface area contributed by atoms with Crippen LogP contribution in [0.2, 0.25) is 0 Å². The number of β-amino-alcohol motifs (C(OH)–C–C–N with tert-alkyl or cyclic N) is 1.